The zero-order valence-corrected chi connectivity index (χ0v) is 11.2. The fraction of sp³-hybridized carbons (Fsp3) is 0.267. The molecular weight excluding hydrogens is 245 g/mol. The van der Waals surface area contributed by atoms with Crippen LogP contribution in [0.4, 0.5) is 4.39 Å². The Bertz CT molecular complexity index is 602. The quantitative estimate of drug-likeness (QED) is 0.789. The van der Waals surface area contributed by atoms with Crippen LogP contribution in [0.5, 0.6) is 0 Å². The van der Waals surface area contributed by atoms with Gasteiger partial charge in [-0.2, -0.15) is 0 Å². The molecule has 2 aromatic rings. The van der Waals surface area contributed by atoms with E-state index in [0.717, 1.165) is 0 Å². The molecule has 0 radical (unpaired) electrons. The molecule has 0 amide bonds. The molecule has 0 aliphatic rings. The number of esters is 1. The summed E-state index contributed by atoms with van der Waals surface area (Å²) in [5.41, 5.74) is 1.79. The van der Waals surface area contributed by atoms with E-state index in [1.807, 2.05) is 24.6 Å². The van der Waals surface area contributed by atoms with Crippen molar-refractivity contribution in [2.75, 3.05) is 7.11 Å². The van der Waals surface area contributed by atoms with Crippen LogP contribution in [0.2, 0.25) is 0 Å². The van der Waals surface area contributed by atoms with Gasteiger partial charge in [0.2, 0.25) is 0 Å². The van der Waals surface area contributed by atoms with Gasteiger partial charge >= 0.3 is 5.97 Å². The van der Waals surface area contributed by atoms with Crippen LogP contribution in [0.15, 0.2) is 36.7 Å². The second-order valence-corrected chi connectivity index (χ2v) is 4.63. The van der Waals surface area contributed by atoms with Crippen molar-refractivity contribution in [3.63, 3.8) is 0 Å². The van der Waals surface area contributed by atoms with Gasteiger partial charge in [-0.25, -0.2) is 9.18 Å². The average molecular weight is 261 g/mol. The summed E-state index contributed by atoms with van der Waals surface area (Å²) in [6.07, 6.45) is 3.57. The van der Waals surface area contributed by atoms with E-state index < -0.39 is 5.97 Å². The first-order chi connectivity index (χ1) is 9.02. The zero-order chi connectivity index (χ0) is 14.0. The first kappa shape index (κ1) is 13.3. The largest absolute Gasteiger partial charge is 0.465 e. The number of methoxy groups -OCH3 is 1. The second-order valence-electron chi connectivity index (χ2n) is 4.63. The lowest BCUT2D eigenvalue weighted by Gasteiger charge is -2.05. The lowest BCUT2D eigenvalue weighted by Crippen LogP contribution is -2.02. The van der Waals surface area contributed by atoms with Crippen LogP contribution in [0.1, 0.15) is 30.2 Å². The fourth-order valence-corrected chi connectivity index (χ4v) is 1.93. The molecule has 0 fully saturated rings. The SMILES string of the molecule is COC(=O)c1cn(C(C)C)cc1-c1cccc(F)c1. The van der Waals surface area contributed by atoms with Crippen LogP contribution in [0.25, 0.3) is 11.1 Å². The highest BCUT2D eigenvalue weighted by molar-refractivity contribution is 5.97. The number of aromatic nitrogens is 1. The molecule has 0 N–H and O–H groups in total. The van der Waals surface area contributed by atoms with Crippen molar-refractivity contribution < 1.29 is 13.9 Å². The van der Waals surface area contributed by atoms with Crippen LogP contribution in [-0.2, 0) is 4.74 Å². The molecule has 1 aromatic carbocycles. The molecule has 19 heavy (non-hydrogen) atoms. The summed E-state index contributed by atoms with van der Waals surface area (Å²) in [4.78, 5) is 11.8. The van der Waals surface area contributed by atoms with Gasteiger partial charge in [0.25, 0.3) is 0 Å². The van der Waals surface area contributed by atoms with Gasteiger partial charge in [0.05, 0.1) is 12.7 Å². The van der Waals surface area contributed by atoms with Crippen molar-refractivity contribution in [3.8, 4) is 11.1 Å². The molecule has 3 nitrogen and oxygen atoms in total. The molecule has 2 rings (SSSR count). The van der Waals surface area contributed by atoms with E-state index in [1.165, 1.54) is 19.2 Å². The Balaban J connectivity index is 2.57. The molecule has 0 atom stereocenters. The third kappa shape index (κ3) is 2.67. The van der Waals surface area contributed by atoms with E-state index in [1.54, 1.807) is 18.3 Å². The molecule has 0 aliphatic carbocycles. The van der Waals surface area contributed by atoms with Gasteiger partial charge in [-0.15, -0.1) is 0 Å². The van der Waals surface area contributed by atoms with Crippen LogP contribution >= 0.6 is 0 Å². The number of nitrogens with zero attached hydrogens (tertiary/aromatic N) is 1. The molecular formula is C15H16FNO2. The first-order valence-electron chi connectivity index (χ1n) is 6.08. The molecule has 0 unspecified atom stereocenters. The third-order valence-electron chi connectivity index (χ3n) is 2.98. The number of hydrogen-bond donors (Lipinski definition) is 0. The number of rotatable bonds is 3. The first-order valence-corrected chi connectivity index (χ1v) is 6.08. The second kappa shape index (κ2) is 5.26. The van der Waals surface area contributed by atoms with Gasteiger partial charge < -0.3 is 9.30 Å². The molecule has 100 valence electrons. The lowest BCUT2D eigenvalue weighted by molar-refractivity contribution is 0.0601. The summed E-state index contributed by atoms with van der Waals surface area (Å²) in [6.45, 7) is 4.02. The van der Waals surface area contributed by atoms with E-state index in [9.17, 15) is 9.18 Å². The molecule has 1 heterocycles. The zero-order valence-electron chi connectivity index (χ0n) is 11.2. The Morgan fingerprint density at radius 2 is 2.05 bits per heavy atom. The van der Waals surface area contributed by atoms with Crippen molar-refractivity contribution in [3.05, 3.63) is 48.0 Å². The van der Waals surface area contributed by atoms with E-state index in [0.29, 0.717) is 16.7 Å². The van der Waals surface area contributed by atoms with E-state index >= 15 is 0 Å². The van der Waals surface area contributed by atoms with Gasteiger partial charge in [-0.05, 0) is 31.5 Å². The van der Waals surface area contributed by atoms with Gasteiger partial charge in [-0.1, -0.05) is 12.1 Å². The van der Waals surface area contributed by atoms with Crippen molar-refractivity contribution in [2.45, 2.75) is 19.9 Å². The van der Waals surface area contributed by atoms with Gasteiger partial charge in [-0.3, -0.25) is 0 Å². The number of ether oxygens (including phenoxy) is 1. The summed E-state index contributed by atoms with van der Waals surface area (Å²) in [6, 6.07) is 6.40. The van der Waals surface area contributed by atoms with Crippen LogP contribution in [0, 0.1) is 5.82 Å². The van der Waals surface area contributed by atoms with E-state index in [-0.39, 0.29) is 11.9 Å². The lowest BCUT2D eigenvalue weighted by atomic mass is 10.0. The standard InChI is InChI=1S/C15H16FNO2/c1-10(2)17-8-13(14(9-17)15(18)19-3)11-5-4-6-12(16)7-11/h4-10H,1-3H3. The summed E-state index contributed by atoms with van der Waals surface area (Å²) in [5, 5.41) is 0. The number of hydrogen-bond acceptors (Lipinski definition) is 2. The number of carbonyl (C=O) groups is 1. The van der Waals surface area contributed by atoms with Gasteiger partial charge in [0, 0.05) is 24.0 Å². The Kier molecular flexibility index (Phi) is 3.69. The van der Waals surface area contributed by atoms with Crippen molar-refractivity contribution in [1.82, 2.24) is 4.57 Å². The van der Waals surface area contributed by atoms with Crippen molar-refractivity contribution in [1.29, 1.82) is 0 Å². The molecule has 4 heteroatoms. The monoisotopic (exact) mass is 261 g/mol. The summed E-state index contributed by atoms with van der Waals surface area (Å²) < 4.78 is 20.0. The average Bonchev–Trinajstić information content (AvgIpc) is 2.83. The predicted octanol–water partition coefficient (Wildman–Crippen LogP) is 3.66. The van der Waals surface area contributed by atoms with Crippen LogP contribution in [-0.4, -0.2) is 17.6 Å². The maximum Gasteiger partial charge on any atom is 0.340 e. The maximum absolute atomic E-state index is 13.3. The maximum atomic E-state index is 13.3. The van der Waals surface area contributed by atoms with E-state index in [4.69, 9.17) is 4.74 Å². The minimum absolute atomic E-state index is 0.214. The number of halogens is 1. The van der Waals surface area contributed by atoms with Gasteiger partial charge in [0.15, 0.2) is 0 Å². The summed E-state index contributed by atoms with van der Waals surface area (Å²) >= 11 is 0. The topological polar surface area (TPSA) is 31.2 Å². The highest BCUT2D eigenvalue weighted by atomic mass is 19.1. The smallest absolute Gasteiger partial charge is 0.340 e. The number of benzene rings is 1. The Morgan fingerprint density at radius 1 is 1.32 bits per heavy atom. The fourth-order valence-electron chi connectivity index (χ4n) is 1.93. The molecule has 0 aliphatic heterocycles. The van der Waals surface area contributed by atoms with Crippen LogP contribution < -0.4 is 0 Å². The Labute approximate surface area is 111 Å². The molecule has 0 spiro atoms. The van der Waals surface area contributed by atoms with Crippen molar-refractivity contribution in [2.24, 2.45) is 0 Å². The minimum atomic E-state index is -0.418. The molecule has 0 saturated carbocycles. The molecule has 1 aromatic heterocycles. The normalized spacial score (nSPS) is 10.8. The van der Waals surface area contributed by atoms with Gasteiger partial charge in [0.1, 0.15) is 5.82 Å². The van der Waals surface area contributed by atoms with Crippen molar-refractivity contribution >= 4 is 5.97 Å². The van der Waals surface area contributed by atoms with E-state index in [2.05, 4.69) is 0 Å². The third-order valence-corrected chi connectivity index (χ3v) is 2.98. The van der Waals surface area contributed by atoms with Crippen LogP contribution in [0.3, 0.4) is 0 Å². The molecule has 0 bridgehead atoms. The molecule has 0 saturated heterocycles. The summed E-state index contributed by atoms with van der Waals surface area (Å²) in [7, 11) is 1.34. The summed E-state index contributed by atoms with van der Waals surface area (Å²) in [5.74, 6) is -0.746. The highest BCUT2D eigenvalue weighted by Crippen LogP contribution is 2.27. The minimum Gasteiger partial charge on any atom is -0.465 e. The predicted molar refractivity (Wildman–Crippen MR) is 71.6 cm³/mol. The highest BCUT2D eigenvalue weighted by Gasteiger charge is 2.17. The number of carbonyl (C=O) groups excluding carboxylic acids is 1. The Morgan fingerprint density at radius 3 is 2.63 bits per heavy atom. The Hall–Kier alpha value is -2.10.